The van der Waals surface area contributed by atoms with Crippen LogP contribution in [0.1, 0.15) is 31.7 Å². The van der Waals surface area contributed by atoms with Crippen molar-refractivity contribution in [2.45, 2.75) is 32.7 Å². The fourth-order valence-corrected chi connectivity index (χ4v) is 3.71. The molecule has 2 saturated heterocycles. The summed E-state index contributed by atoms with van der Waals surface area (Å²) in [7, 11) is 0. The third-order valence-corrected chi connectivity index (χ3v) is 5.17. The summed E-state index contributed by atoms with van der Waals surface area (Å²) in [5.41, 5.74) is 1.01. The van der Waals surface area contributed by atoms with E-state index < -0.39 is 0 Å². The molecule has 1 N–H and O–H groups in total. The minimum absolute atomic E-state index is 0.0237. The van der Waals surface area contributed by atoms with Crippen molar-refractivity contribution >= 4 is 17.7 Å². The lowest BCUT2D eigenvalue weighted by atomic mass is 9.77. The molecule has 3 heterocycles. The maximum Gasteiger partial charge on any atom is 0.241 e. The van der Waals surface area contributed by atoms with Crippen molar-refractivity contribution in [3.8, 4) is 0 Å². The van der Waals surface area contributed by atoms with Crippen molar-refractivity contribution < 1.29 is 14.4 Å². The molecule has 3 rings (SSSR count). The molecule has 2 aliphatic heterocycles. The van der Waals surface area contributed by atoms with Crippen molar-refractivity contribution in [1.29, 1.82) is 0 Å². The Morgan fingerprint density at radius 2 is 2.08 bits per heavy atom. The van der Waals surface area contributed by atoms with E-state index in [1.54, 1.807) is 17.3 Å². The Morgan fingerprint density at radius 1 is 1.32 bits per heavy atom. The van der Waals surface area contributed by atoms with Crippen LogP contribution in [-0.2, 0) is 20.9 Å². The summed E-state index contributed by atoms with van der Waals surface area (Å²) in [5.74, 6) is -0.0715. The zero-order valence-corrected chi connectivity index (χ0v) is 14.5. The molecular weight excluding hydrogens is 320 g/mol. The van der Waals surface area contributed by atoms with Crippen LogP contribution >= 0.6 is 0 Å². The summed E-state index contributed by atoms with van der Waals surface area (Å²) < 4.78 is 0. The summed E-state index contributed by atoms with van der Waals surface area (Å²) in [5, 5.41) is 2.55. The normalized spacial score (nSPS) is 19.3. The van der Waals surface area contributed by atoms with Gasteiger partial charge in [0.05, 0.1) is 6.54 Å². The lowest BCUT2D eigenvalue weighted by Crippen LogP contribution is -2.47. The number of hydrogen-bond donors (Lipinski definition) is 1. The SMILES string of the molecule is CC(=O)NCC(=O)N1CCC2(CC1)CC(=O)N(Cc1cccnc1)C2. The summed E-state index contributed by atoms with van der Waals surface area (Å²) in [4.78, 5) is 43.3. The Bertz CT molecular complexity index is 654. The average Bonchev–Trinajstić information content (AvgIpc) is 2.89. The van der Waals surface area contributed by atoms with Gasteiger partial charge in [0.2, 0.25) is 17.7 Å². The maximum absolute atomic E-state index is 12.4. The molecule has 0 aromatic carbocycles. The van der Waals surface area contributed by atoms with Crippen LogP contribution < -0.4 is 5.32 Å². The first-order valence-corrected chi connectivity index (χ1v) is 8.66. The predicted octanol–water partition coefficient (Wildman–Crippen LogP) is 0.559. The molecule has 0 aliphatic carbocycles. The minimum Gasteiger partial charge on any atom is -0.347 e. The van der Waals surface area contributed by atoms with Crippen LogP contribution in [0.5, 0.6) is 0 Å². The largest absolute Gasteiger partial charge is 0.347 e. The Morgan fingerprint density at radius 3 is 2.72 bits per heavy atom. The fraction of sp³-hybridized carbons (Fsp3) is 0.556. The van der Waals surface area contributed by atoms with Gasteiger partial charge in [0.15, 0.2) is 0 Å². The minimum atomic E-state index is -0.200. The van der Waals surface area contributed by atoms with E-state index in [-0.39, 0.29) is 29.7 Å². The van der Waals surface area contributed by atoms with Gasteiger partial charge < -0.3 is 15.1 Å². The highest BCUT2D eigenvalue weighted by Crippen LogP contribution is 2.41. The first kappa shape index (κ1) is 17.4. The van der Waals surface area contributed by atoms with Crippen LogP contribution in [0.4, 0.5) is 0 Å². The second-order valence-corrected chi connectivity index (χ2v) is 7.08. The maximum atomic E-state index is 12.4. The number of pyridine rings is 1. The monoisotopic (exact) mass is 344 g/mol. The molecule has 0 saturated carbocycles. The van der Waals surface area contributed by atoms with E-state index in [2.05, 4.69) is 10.3 Å². The van der Waals surface area contributed by atoms with E-state index >= 15 is 0 Å². The molecule has 0 unspecified atom stereocenters. The van der Waals surface area contributed by atoms with Gasteiger partial charge in [0, 0.05) is 57.3 Å². The zero-order valence-electron chi connectivity index (χ0n) is 14.5. The fourth-order valence-electron chi connectivity index (χ4n) is 3.71. The van der Waals surface area contributed by atoms with E-state index in [4.69, 9.17) is 0 Å². The van der Waals surface area contributed by atoms with Crippen molar-refractivity contribution in [1.82, 2.24) is 20.1 Å². The van der Waals surface area contributed by atoms with E-state index in [0.717, 1.165) is 24.9 Å². The molecule has 7 heteroatoms. The zero-order chi connectivity index (χ0) is 17.9. The molecule has 1 aromatic heterocycles. The van der Waals surface area contributed by atoms with Gasteiger partial charge in [-0.15, -0.1) is 0 Å². The summed E-state index contributed by atoms with van der Waals surface area (Å²) in [6.07, 6.45) is 5.73. The van der Waals surface area contributed by atoms with Gasteiger partial charge in [0.25, 0.3) is 0 Å². The topological polar surface area (TPSA) is 82.6 Å². The second kappa shape index (κ2) is 7.21. The van der Waals surface area contributed by atoms with Crippen LogP contribution in [-0.4, -0.2) is 58.7 Å². The summed E-state index contributed by atoms with van der Waals surface area (Å²) >= 11 is 0. The number of nitrogens with zero attached hydrogens (tertiary/aromatic N) is 3. The van der Waals surface area contributed by atoms with Gasteiger partial charge in [-0.3, -0.25) is 19.4 Å². The molecule has 1 aromatic rings. The van der Waals surface area contributed by atoms with Crippen LogP contribution in [0.2, 0.25) is 0 Å². The van der Waals surface area contributed by atoms with Crippen LogP contribution in [0.25, 0.3) is 0 Å². The van der Waals surface area contributed by atoms with Crippen molar-refractivity contribution in [2.24, 2.45) is 5.41 Å². The second-order valence-electron chi connectivity index (χ2n) is 7.08. The van der Waals surface area contributed by atoms with Gasteiger partial charge in [-0.25, -0.2) is 0 Å². The van der Waals surface area contributed by atoms with Gasteiger partial charge >= 0.3 is 0 Å². The third kappa shape index (κ3) is 4.15. The number of piperidine rings is 1. The van der Waals surface area contributed by atoms with E-state index in [1.165, 1.54) is 6.92 Å². The van der Waals surface area contributed by atoms with Gasteiger partial charge in [0.1, 0.15) is 0 Å². The van der Waals surface area contributed by atoms with Crippen LogP contribution in [0.3, 0.4) is 0 Å². The third-order valence-electron chi connectivity index (χ3n) is 5.17. The number of nitrogens with one attached hydrogen (secondary N) is 1. The molecule has 1 spiro atoms. The molecule has 3 amide bonds. The highest BCUT2D eigenvalue weighted by atomic mass is 16.2. The number of hydrogen-bond acceptors (Lipinski definition) is 4. The number of carbonyl (C=O) groups is 3. The van der Waals surface area contributed by atoms with E-state index in [1.807, 2.05) is 17.0 Å². The van der Waals surface area contributed by atoms with Gasteiger partial charge in [-0.1, -0.05) is 6.07 Å². The molecule has 2 fully saturated rings. The average molecular weight is 344 g/mol. The van der Waals surface area contributed by atoms with Gasteiger partial charge in [-0.05, 0) is 24.5 Å². The molecule has 0 bridgehead atoms. The smallest absolute Gasteiger partial charge is 0.241 e. The number of carbonyl (C=O) groups excluding carboxylic acids is 3. The Labute approximate surface area is 147 Å². The number of aromatic nitrogens is 1. The molecule has 7 nitrogen and oxygen atoms in total. The number of rotatable bonds is 4. The van der Waals surface area contributed by atoms with E-state index in [0.29, 0.717) is 26.1 Å². The number of amides is 3. The van der Waals surface area contributed by atoms with Gasteiger partial charge in [-0.2, -0.15) is 0 Å². The van der Waals surface area contributed by atoms with Crippen LogP contribution in [0.15, 0.2) is 24.5 Å². The standard InChI is InChI=1S/C18H24N4O3/c1-14(23)20-11-17(25)21-7-4-18(5-8-21)9-16(24)22(13-18)12-15-3-2-6-19-10-15/h2-3,6,10H,4-5,7-9,11-13H2,1H3,(H,20,23). The van der Waals surface area contributed by atoms with Crippen molar-refractivity contribution in [2.75, 3.05) is 26.2 Å². The highest BCUT2D eigenvalue weighted by molar-refractivity contribution is 5.84. The van der Waals surface area contributed by atoms with Crippen molar-refractivity contribution in [3.05, 3.63) is 30.1 Å². The summed E-state index contributed by atoms with van der Waals surface area (Å²) in [6, 6.07) is 3.86. The quantitative estimate of drug-likeness (QED) is 0.865. The van der Waals surface area contributed by atoms with E-state index in [9.17, 15) is 14.4 Å². The highest BCUT2D eigenvalue weighted by Gasteiger charge is 2.45. The number of likely N-dealkylation sites (tertiary alicyclic amines) is 2. The first-order valence-electron chi connectivity index (χ1n) is 8.66. The summed E-state index contributed by atoms with van der Waals surface area (Å²) in [6.45, 7) is 4.08. The lowest BCUT2D eigenvalue weighted by Gasteiger charge is -2.38. The predicted molar refractivity (Wildman–Crippen MR) is 91.2 cm³/mol. The molecule has 0 radical (unpaired) electrons. The Balaban J connectivity index is 1.54. The Hall–Kier alpha value is -2.44. The molecule has 0 atom stereocenters. The molecule has 134 valence electrons. The molecular formula is C18H24N4O3. The first-order chi connectivity index (χ1) is 12.0. The van der Waals surface area contributed by atoms with Crippen molar-refractivity contribution in [3.63, 3.8) is 0 Å². The molecule has 2 aliphatic rings. The Kier molecular flexibility index (Phi) is 5.01. The molecule has 25 heavy (non-hydrogen) atoms. The lowest BCUT2D eigenvalue weighted by molar-refractivity contribution is -0.134. The van der Waals surface area contributed by atoms with Crippen LogP contribution in [0, 0.1) is 5.41 Å².